The second kappa shape index (κ2) is 7.68. The maximum absolute atomic E-state index is 11.5. The molecule has 1 aromatic heterocycles. The van der Waals surface area contributed by atoms with Gasteiger partial charge in [-0.1, -0.05) is 13.8 Å². The molecule has 0 atom stereocenters. The molecule has 0 aliphatic heterocycles. The highest BCUT2D eigenvalue weighted by Crippen LogP contribution is 2.27. The predicted octanol–water partition coefficient (Wildman–Crippen LogP) is 1.09. The number of nitrogens with one attached hydrogen (secondary N) is 2. The number of anilines is 2. The van der Waals surface area contributed by atoms with Crippen LogP contribution < -0.4 is 16.4 Å². The highest BCUT2D eigenvalue weighted by atomic mass is 32.1. The first-order valence-corrected chi connectivity index (χ1v) is 7.07. The van der Waals surface area contributed by atoms with Gasteiger partial charge in [0.25, 0.3) is 0 Å². The molecule has 0 spiro atoms. The van der Waals surface area contributed by atoms with Gasteiger partial charge in [0.1, 0.15) is 10.6 Å². The standard InChI is InChI=1S/C12H20N4O3S/c1-7(2)6-15-8(17)4-5-14-11-9(12(18)19-3)10(13)16-20-11/h7,14H,4-6H2,1-3H3,(H2,13,16)(H,15,17). The summed E-state index contributed by atoms with van der Waals surface area (Å²) in [6, 6.07) is 0. The quantitative estimate of drug-likeness (QED) is 0.651. The van der Waals surface area contributed by atoms with Crippen molar-refractivity contribution in [1.29, 1.82) is 0 Å². The molecule has 0 saturated carbocycles. The normalized spacial score (nSPS) is 10.4. The second-order valence-electron chi connectivity index (χ2n) is 4.64. The molecule has 7 nitrogen and oxygen atoms in total. The zero-order chi connectivity index (χ0) is 15.1. The molecule has 112 valence electrons. The number of methoxy groups -OCH3 is 1. The van der Waals surface area contributed by atoms with E-state index in [4.69, 9.17) is 5.73 Å². The van der Waals surface area contributed by atoms with E-state index >= 15 is 0 Å². The molecule has 4 N–H and O–H groups in total. The SMILES string of the molecule is COC(=O)c1c(N)nsc1NCCC(=O)NCC(C)C. The lowest BCUT2D eigenvalue weighted by molar-refractivity contribution is -0.120. The summed E-state index contributed by atoms with van der Waals surface area (Å²) in [6.45, 7) is 5.11. The summed E-state index contributed by atoms with van der Waals surface area (Å²) in [5.74, 6) is -0.0287. The molecule has 20 heavy (non-hydrogen) atoms. The Bertz CT molecular complexity index is 473. The lowest BCUT2D eigenvalue weighted by Gasteiger charge is -2.08. The highest BCUT2D eigenvalue weighted by molar-refractivity contribution is 7.11. The molecule has 1 aromatic rings. The number of ether oxygens (including phenoxy) is 1. The van der Waals surface area contributed by atoms with E-state index in [1.165, 1.54) is 7.11 Å². The van der Waals surface area contributed by atoms with Crippen LogP contribution in [0.1, 0.15) is 30.6 Å². The maximum Gasteiger partial charge on any atom is 0.344 e. The van der Waals surface area contributed by atoms with Gasteiger partial charge in [-0.15, -0.1) is 0 Å². The first-order valence-electron chi connectivity index (χ1n) is 6.29. The fourth-order valence-electron chi connectivity index (χ4n) is 1.42. The minimum Gasteiger partial charge on any atom is -0.465 e. The second-order valence-corrected chi connectivity index (χ2v) is 5.41. The smallest absolute Gasteiger partial charge is 0.344 e. The molecule has 1 amide bonds. The molecular weight excluding hydrogens is 280 g/mol. The number of aromatic nitrogens is 1. The molecule has 0 saturated heterocycles. The van der Waals surface area contributed by atoms with Gasteiger partial charge in [0.15, 0.2) is 5.82 Å². The minimum absolute atomic E-state index is 0.0386. The van der Waals surface area contributed by atoms with E-state index in [0.29, 0.717) is 30.4 Å². The van der Waals surface area contributed by atoms with Crippen LogP contribution in [-0.2, 0) is 9.53 Å². The highest BCUT2D eigenvalue weighted by Gasteiger charge is 2.19. The Morgan fingerprint density at radius 2 is 2.15 bits per heavy atom. The van der Waals surface area contributed by atoms with Gasteiger partial charge in [0.05, 0.1) is 7.11 Å². The van der Waals surface area contributed by atoms with Crippen molar-refractivity contribution in [2.75, 3.05) is 31.2 Å². The molecule has 1 heterocycles. The summed E-state index contributed by atoms with van der Waals surface area (Å²) >= 11 is 1.07. The van der Waals surface area contributed by atoms with Crippen LogP contribution in [0.3, 0.4) is 0 Å². The van der Waals surface area contributed by atoms with Gasteiger partial charge in [-0.05, 0) is 17.5 Å². The van der Waals surface area contributed by atoms with Crippen LogP contribution in [0.15, 0.2) is 0 Å². The number of rotatable bonds is 7. The molecule has 0 fully saturated rings. The summed E-state index contributed by atoms with van der Waals surface area (Å²) < 4.78 is 8.54. The molecule has 0 aliphatic rings. The van der Waals surface area contributed by atoms with Gasteiger partial charge >= 0.3 is 5.97 Å². The third-order valence-electron chi connectivity index (χ3n) is 2.45. The van der Waals surface area contributed by atoms with Crippen molar-refractivity contribution in [3.63, 3.8) is 0 Å². The van der Waals surface area contributed by atoms with Crippen LogP contribution in [0.4, 0.5) is 10.8 Å². The Balaban J connectivity index is 2.46. The number of nitrogen functional groups attached to an aromatic ring is 1. The van der Waals surface area contributed by atoms with Gasteiger partial charge in [0, 0.05) is 19.5 Å². The van der Waals surface area contributed by atoms with Crippen LogP contribution in [0.25, 0.3) is 0 Å². The number of esters is 1. The number of hydrogen-bond donors (Lipinski definition) is 3. The topological polar surface area (TPSA) is 106 Å². The van der Waals surface area contributed by atoms with Crippen molar-refractivity contribution < 1.29 is 14.3 Å². The van der Waals surface area contributed by atoms with E-state index in [1.807, 2.05) is 13.8 Å². The molecule has 0 unspecified atom stereocenters. The average molecular weight is 300 g/mol. The fraction of sp³-hybridized carbons (Fsp3) is 0.583. The number of amides is 1. The van der Waals surface area contributed by atoms with Gasteiger partial charge in [0.2, 0.25) is 5.91 Å². The van der Waals surface area contributed by atoms with E-state index < -0.39 is 5.97 Å². The van der Waals surface area contributed by atoms with Crippen LogP contribution in [0.5, 0.6) is 0 Å². The third kappa shape index (κ3) is 4.69. The summed E-state index contributed by atoms with van der Waals surface area (Å²) in [7, 11) is 1.28. The van der Waals surface area contributed by atoms with Crippen molar-refractivity contribution >= 4 is 34.2 Å². The predicted molar refractivity (Wildman–Crippen MR) is 78.8 cm³/mol. The number of carbonyl (C=O) groups excluding carboxylic acids is 2. The Morgan fingerprint density at radius 1 is 1.45 bits per heavy atom. The van der Waals surface area contributed by atoms with Gasteiger partial charge in [-0.2, -0.15) is 4.37 Å². The molecule has 0 aromatic carbocycles. The lowest BCUT2D eigenvalue weighted by Crippen LogP contribution is -2.28. The molecule has 0 bridgehead atoms. The van der Waals surface area contributed by atoms with E-state index in [0.717, 1.165) is 11.5 Å². The first kappa shape index (κ1) is 16.2. The van der Waals surface area contributed by atoms with Crippen molar-refractivity contribution in [1.82, 2.24) is 9.69 Å². The number of carbonyl (C=O) groups is 2. The monoisotopic (exact) mass is 300 g/mol. The summed E-state index contributed by atoms with van der Waals surface area (Å²) in [4.78, 5) is 23.1. The van der Waals surface area contributed by atoms with Crippen molar-refractivity contribution in [3.05, 3.63) is 5.56 Å². The van der Waals surface area contributed by atoms with Crippen LogP contribution in [-0.4, -0.2) is 36.4 Å². The van der Waals surface area contributed by atoms with Crippen molar-refractivity contribution in [2.24, 2.45) is 5.92 Å². The van der Waals surface area contributed by atoms with Crippen LogP contribution in [0, 0.1) is 5.92 Å². The van der Waals surface area contributed by atoms with Crippen molar-refractivity contribution in [2.45, 2.75) is 20.3 Å². The number of nitrogens with zero attached hydrogens (tertiary/aromatic N) is 1. The van der Waals surface area contributed by atoms with Crippen LogP contribution in [0.2, 0.25) is 0 Å². The van der Waals surface area contributed by atoms with Gasteiger partial charge in [-0.3, -0.25) is 4.79 Å². The Morgan fingerprint density at radius 3 is 2.75 bits per heavy atom. The van der Waals surface area contributed by atoms with Crippen molar-refractivity contribution in [3.8, 4) is 0 Å². The average Bonchev–Trinajstić information content (AvgIpc) is 2.77. The fourth-order valence-corrected chi connectivity index (χ4v) is 2.15. The molecule has 8 heteroatoms. The Labute approximate surface area is 122 Å². The van der Waals surface area contributed by atoms with Gasteiger partial charge in [-0.25, -0.2) is 4.79 Å². The Hall–Kier alpha value is -1.83. The zero-order valence-electron chi connectivity index (χ0n) is 11.9. The van der Waals surface area contributed by atoms with E-state index in [-0.39, 0.29) is 17.3 Å². The van der Waals surface area contributed by atoms with Gasteiger partial charge < -0.3 is 21.1 Å². The third-order valence-corrected chi connectivity index (χ3v) is 3.27. The molecular formula is C12H20N4O3S. The largest absolute Gasteiger partial charge is 0.465 e. The summed E-state index contributed by atoms with van der Waals surface area (Å²) in [5.41, 5.74) is 5.83. The van der Waals surface area contributed by atoms with E-state index in [9.17, 15) is 9.59 Å². The maximum atomic E-state index is 11.5. The molecule has 0 radical (unpaired) electrons. The first-order chi connectivity index (χ1) is 9.45. The number of hydrogen-bond acceptors (Lipinski definition) is 7. The van der Waals surface area contributed by atoms with Crippen LogP contribution >= 0.6 is 11.5 Å². The Kier molecular flexibility index (Phi) is 6.23. The zero-order valence-corrected chi connectivity index (χ0v) is 12.7. The van der Waals surface area contributed by atoms with E-state index in [1.54, 1.807) is 0 Å². The molecule has 0 aliphatic carbocycles. The molecule has 1 rings (SSSR count). The number of nitrogens with two attached hydrogens (primary N) is 1. The summed E-state index contributed by atoms with van der Waals surface area (Å²) in [5, 5.41) is 6.32. The minimum atomic E-state index is -0.539. The van der Waals surface area contributed by atoms with E-state index in [2.05, 4.69) is 19.7 Å². The lowest BCUT2D eigenvalue weighted by atomic mass is 10.2. The summed E-state index contributed by atoms with van der Waals surface area (Å²) in [6.07, 6.45) is 0.311.